The molecule has 6 heteroatoms. The predicted molar refractivity (Wildman–Crippen MR) is 82.9 cm³/mol. The number of nitrogens with two attached hydrogens (primary N) is 1. The number of hydrogen-bond donors (Lipinski definition) is 3. The maximum absolute atomic E-state index is 12.8. The second kappa shape index (κ2) is 5.73. The molecule has 1 heterocycles. The van der Waals surface area contributed by atoms with Crippen molar-refractivity contribution in [2.75, 3.05) is 11.1 Å². The number of rotatable bonds is 5. The highest BCUT2D eigenvalue weighted by Crippen LogP contribution is 2.30. The molecule has 4 nitrogen and oxygen atoms in total. The summed E-state index contributed by atoms with van der Waals surface area (Å²) >= 11 is 1.34. The SMILES string of the molecule is Nc1cc(NCc2ccc(F)cc2)sc1C(=O)NC1CC1. The first-order valence-corrected chi connectivity index (χ1v) is 7.62. The lowest BCUT2D eigenvalue weighted by Gasteiger charge is -2.03. The molecule has 0 spiro atoms. The van der Waals surface area contributed by atoms with E-state index in [1.807, 2.05) is 0 Å². The van der Waals surface area contributed by atoms with Gasteiger partial charge in [-0.15, -0.1) is 11.3 Å². The van der Waals surface area contributed by atoms with Gasteiger partial charge in [0.05, 0.1) is 10.7 Å². The minimum absolute atomic E-state index is 0.102. The molecule has 4 N–H and O–H groups in total. The molecule has 0 bridgehead atoms. The standard InChI is InChI=1S/C15H16FN3OS/c16-10-3-1-9(2-4-10)8-18-13-7-12(17)14(21-13)15(20)19-11-5-6-11/h1-4,7,11,18H,5-6,8,17H2,(H,19,20). The lowest BCUT2D eigenvalue weighted by molar-refractivity contribution is 0.0956. The smallest absolute Gasteiger partial charge is 0.263 e. The van der Waals surface area contributed by atoms with Crippen LogP contribution in [-0.4, -0.2) is 11.9 Å². The molecule has 1 aromatic carbocycles. The van der Waals surface area contributed by atoms with Crippen LogP contribution >= 0.6 is 11.3 Å². The molecule has 3 rings (SSSR count). The summed E-state index contributed by atoms with van der Waals surface area (Å²) in [5.74, 6) is -0.354. The fraction of sp³-hybridized carbons (Fsp3) is 0.267. The zero-order valence-corrected chi connectivity index (χ0v) is 12.2. The van der Waals surface area contributed by atoms with Gasteiger partial charge in [0.1, 0.15) is 10.7 Å². The molecule has 0 unspecified atom stereocenters. The summed E-state index contributed by atoms with van der Waals surface area (Å²) in [7, 11) is 0. The van der Waals surface area contributed by atoms with Crippen molar-refractivity contribution in [2.24, 2.45) is 0 Å². The lowest BCUT2D eigenvalue weighted by Crippen LogP contribution is -2.25. The summed E-state index contributed by atoms with van der Waals surface area (Å²) in [6.45, 7) is 0.559. The topological polar surface area (TPSA) is 67.1 Å². The fourth-order valence-electron chi connectivity index (χ4n) is 1.94. The van der Waals surface area contributed by atoms with Gasteiger partial charge in [0, 0.05) is 12.6 Å². The van der Waals surface area contributed by atoms with Crippen LogP contribution in [0.1, 0.15) is 28.1 Å². The van der Waals surface area contributed by atoms with Gasteiger partial charge in [-0.1, -0.05) is 12.1 Å². The van der Waals surface area contributed by atoms with Crippen LogP contribution in [0.2, 0.25) is 0 Å². The Morgan fingerprint density at radius 1 is 1.33 bits per heavy atom. The summed E-state index contributed by atoms with van der Waals surface area (Å²) in [6.07, 6.45) is 2.10. The number of carbonyl (C=O) groups excluding carboxylic acids is 1. The van der Waals surface area contributed by atoms with E-state index in [9.17, 15) is 9.18 Å². The van der Waals surface area contributed by atoms with Crippen LogP contribution in [0.5, 0.6) is 0 Å². The number of anilines is 2. The number of halogens is 1. The molecule has 21 heavy (non-hydrogen) atoms. The Kier molecular flexibility index (Phi) is 3.79. The van der Waals surface area contributed by atoms with Crippen molar-refractivity contribution in [3.8, 4) is 0 Å². The minimum atomic E-state index is -0.252. The first-order chi connectivity index (χ1) is 10.1. The monoisotopic (exact) mass is 305 g/mol. The summed E-state index contributed by atoms with van der Waals surface area (Å²) in [5.41, 5.74) is 7.34. The third kappa shape index (κ3) is 3.52. The Morgan fingerprint density at radius 2 is 2.05 bits per heavy atom. The Hall–Kier alpha value is -2.08. The number of benzene rings is 1. The number of carbonyl (C=O) groups is 1. The minimum Gasteiger partial charge on any atom is -0.397 e. The van der Waals surface area contributed by atoms with Crippen molar-refractivity contribution in [1.82, 2.24) is 5.32 Å². The van der Waals surface area contributed by atoms with Gasteiger partial charge in [-0.3, -0.25) is 4.79 Å². The maximum atomic E-state index is 12.8. The van der Waals surface area contributed by atoms with E-state index < -0.39 is 0 Å². The van der Waals surface area contributed by atoms with Gasteiger partial charge in [-0.25, -0.2) is 4.39 Å². The molecular weight excluding hydrogens is 289 g/mol. The van der Waals surface area contributed by atoms with Gasteiger partial charge in [0.2, 0.25) is 0 Å². The zero-order chi connectivity index (χ0) is 14.8. The van der Waals surface area contributed by atoms with Crippen LogP contribution in [0.3, 0.4) is 0 Å². The average molecular weight is 305 g/mol. The molecule has 1 fully saturated rings. The highest BCUT2D eigenvalue weighted by Gasteiger charge is 2.25. The van der Waals surface area contributed by atoms with Crippen LogP contribution in [-0.2, 0) is 6.54 Å². The molecule has 0 saturated heterocycles. The van der Waals surface area contributed by atoms with Gasteiger partial charge in [0.15, 0.2) is 0 Å². The Labute approximate surface area is 126 Å². The summed E-state index contributed by atoms with van der Waals surface area (Å²) in [4.78, 5) is 12.5. The fourth-order valence-corrected chi connectivity index (χ4v) is 2.82. The van der Waals surface area contributed by atoms with E-state index >= 15 is 0 Å². The number of nitrogens with one attached hydrogen (secondary N) is 2. The van der Waals surface area contributed by atoms with Crippen LogP contribution in [0.15, 0.2) is 30.3 Å². The molecule has 0 radical (unpaired) electrons. The van der Waals surface area contributed by atoms with Gasteiger partial charge in [-0.2, -0.15) is 0 Å². The quantitative estimate of drug-likeness (QED) is 0.795. The second-order valence-electron chi connectivity index (χ2n) is 5.12. The number of thiophene rings is 1. The van der Waals surface area contributed by atoms with Crippen molar-refractivity contribution < 1.29 is 9.18 Å². The molecule has 1 aliphatic carbocycles. The zero-order valence-electron chi connectivity index (χ0n) is 11.4. The van der Waals surface area contributed by atoms with Gasteiger partial charge in [-0.05, 0) is 36.6 Å². The van der Waals surface area contributed by atoms with E-state index in [-0.39, 0.29) is 11.7 Å². The molecule has 110 valence electrons. The van der Waals surface area contributed by atoms with Crippen molar-refractivity contribution in [3.63, 3.8) is 0 Å². The Balaban J connectivity index is 1.63. The number of amides is 1. The van der Waals surface area contributed by atoms with E-state index in [4.69, 9.17) is 5.73 Å². The van der Waals surface area contributed by atoms with Crippen molar-refractivity contribution in [1.29, 1.82) is 0 Å². The van der Waals surface area contributed by atoms with E-state index in [1.54, 1.807) is 18.2 Å². The third-order valence-corrected chi connectivity index (χ3v) is 4.37. The molecule has 1 amide bonds. The molecule has 0 aliphatic heterocycles. The van der Waals surface area contributed by atoms with E-state index in [2.05, 4.69) is 10.6 Å². The molecule has 0 atom stereocenters. The molecule has 1 aromatic heterocycles. The van der Waals surface area contributed by atoms with Gasteiger partial charge in [0.25, 0.3) is 5.91 Å². The first kappa shape index (κ1) is 13.9. The first-order valence-electron chi connectivity index (χ1n) is 6.80. The Bertz CT molecular complexity index is 649. The van der Waals surface area contributed by atoms with E-state index in [0.717, 1.165) is 23.4 Å². The summed E-state index contributed by atoms with van der Waals surface area (Å²) in [6, 6.07) is 8.37. The molecule has 1 saturated carbocycles. The van der Waals surface area contributed by atoms with Crippen LogP contribution in [0.4, 0.5) is 15.1 Å². The van der Waals surface area contributed by atoms with Crippen LogP contribution < -0.4 is 16.4 Å². The Morgan fingerprint density at radius 3 is 2.71 bits per heavy atom. The number of nitrogen functional groups attached to an aromatic ring is 1. The lowest BCUT2D eigenvalue weighted by atomic mass is 10.2. The predicted octanol–water partition coefficient (Wildman–Crippen LogP) is 2.97. The van der Waals surface area contributed by atoms with Crippen molar-refractivity contribution in [3.05, 3.63) is 46.6 Å². The molecule has 1 aliphatic rings. The molecular formula is C15H16FN3OS. The molecule has 2 aromatic rings. The summed E-state index contributed by atoms with van der Waals surface area (Å²) in [5, 5.41) is 6.96. The normalized spacial score (nSPS) is 14.0. The van der Waals surface area contributed by atoms with Crippen LogP contribution in [0, 0.1) is 5.82 Å². The maximum Gasteiger partial charge on any atom is 0.263 e. The largest absolute Gasteiger partial charge is 0.397 e. The average Bonchev–Trinajstić information content (AvgIpc) is 3.19. The van der Waals surface area contributed by atoms with Crippen molar-refractivity contribution >= 4 is 27.9 Å². The highest BCUT2D eigenvalue weighted by atomic mass is 32.1. The third-order valence-electron chi connectivity index (χ3n) is 3.26. The van der Waals surface area contributed by atoms with Crippen LogP contribution in [0.25, 0.3) is 0 Å². The summed E-state index contributed by atoms with van der Waals surface area (Å²) < 4.78 is 12.8. The van der Waals surface area contributed by atoms with E-state index in [1.165, 1.54) is 23.5 Å². The highest BCUT2D eigenvalue weighted by molar-refractivity contribution is 7.18. The van der Waals surface area contributed by atoms with E-state index in [0.29, 0.717) is 23.2 Å². The van der Waals surface area contributed by atoms with Crippen molar-refractivity contribution in [2.45, 2.75) is 25.4 Å². The second-order valence-corrected chi connectivity index (χ2v) is 6.18. The number of hydrogen-bond acceptors (Lipinski definition) is 4. The van der Waals surface area contributed by atoms with Gasteiger partial charge < -0.3 is 16.4 Å². The van der Waals surface area contributed by atoms with Gasteiger partial charge >= 0.3 is 0 Å².